The van der Waals surface area contributed by atoms with Gasteiger partial charge >= 0.3 is 0 Å². The maximum absolute atomic E-state index is 4.45. The van der Waals surface area contributed by atoms with Crippen molar-refractivity contribution in [3.8, 4) is 0 Å². The van der Waals surface area contributed by atoms with Crippen molar-refractivity contribution in [2.75, 3.05) is 40.3 Å². The van der Waals surface area contributed by atoms with Crippen LogP contribution in [0.4, 0.5) is 0 Å². The highest BCUT2D eigenvalue weighted by atomic mass is 15.5. The Morgan fingerprint density at radius 1 is 0.818 bits per heavy atom. The Kier molecular flexibility index (Phi) is 6.66. The zero-order valence-corrected chi connectivity index (χ0v) is 13.5. The zero-order chi connectivity index (χ0) is 15.6. The lowest BCUT2D eigenvalue weighted by Crippen LogP contribution is -2.36. The summed E-state index contributed by atoms with van der Waals surface area (Å²) in [4.78, 5) is 8.91. The standard InChI is InChI=1S/C14H26N8/c1-21(13-15-7-3-4-8-16-13)19-11-12-20-22(2)14-17-9-5-6-10-18-14/h11-12H,3-10H2,1-2H3,(H,15,16)(H,17,18)/b19-11+,20-12+. The van der Waals surface area contributed by atoms with Gasteiger partial charge in [-0.3, -0.25) is 9.98 Å². The molecule has 8 nitrogen and oxygen atoms in total. The smallest absolute Gasteiger partial charge is 0.214 e. The van der Waals surface area contributed by atoms with E-state index >= 15 is 0 Å². The Morgan fingerprint density at radius 3 is 1.73 bits per heavy atom. The highest BCUT2D eigenvalue weighted by Gasteiger charge is 2.07. The largest absolute Gasteiger partial charge is 0.355 e. The van der Waals surface area contributed by atoms with Gasteiger partial charge in [-0.15, -0.1) is 0 Å². The van der Waals surface area contributed by atoms with E-state index in [1.165, 1.54) is 0 Å². The van der Waals surface area contributed by atoms with E-state index in [0.717, 1.165) is 63.8 Å². The van der Waals surface area contributed by atoms with Crippen molar-refractivity contribution < 1.29 is 0 Å². The number of hydrogen-bond acceptors (Lipinski definition) is 8. The molecule has 2 aliphatic rings. The van der Waals surface area contributed by atoms with E-state index in [0.29, 0.717) is 0 Å². The quantitative estimate of drug-likeness (QED) is 0.580. The molecule has 0 atom stereocenters. The Hall–Kier alpha value is -2.12. The van der Waals surface area contributed by atoms with Crippen molar-refractivity contribution in [3.63, 3.8) is 0 Å². The van der Waals surface area contributed by atoms with Gasteiger partial charge in [0.2, 0.25) is 11.9 Å². The third-order valence-corrected chi connectivity index (χ3v) is 3.42. The summed E-state index contributed by atoms with van der Waals surface area (Å²) in [6, 6.07) is 0. The summed E-state index contributed by atoms with van der Waals surface area (Å²) in [6.45, 7) is 3.59. The number of rotatable bonds is 3. The van der Waals surface area contributed by atoms with E-state index in [1.54, 1.807) is 22.4 Å². The van der Waals surface area contributed by atoms with Gasteiger partial charge < -0.3 is 10.6 Å². The maximum Gasteiger partial charge on any atom is 0.214 e. The fourth-order valence-corrected chi connectivity index (χ4v) is 2.16. The number of guanidine groups is 2. The average Bonchev–Trinajstić information content (AvgIpc) is 2.95. The van der Waals surface area contributed by atoms with Crippen molar-refractivity contribution in [1.29, 1.82) is 0 Å². The molecule has 0 radical (unpaired) electrons. The molecule has 2 rings (SSSR count). The predicted molar refractivity (Wildman–Crippen MR) is 91.6 cm³/mol. The average molecular weight is 306 g/mol. The topological polar surface area (TPSA) is 80.0 Å². The molecule has 0 saturated heterocycles. The summed E-state index contributed by atoms with van der Waals surface area (Å²) >= 11 is 0. The molecule has 2 aliphatic heterocycles. The number of aliphatic imine (C=N–C) groups is 2. The fraction of sp³-hybridized carbons (Fsp3) is 0.714. The molecule has 2 heterocycles. The number of nitrogens with zero attached hydrogens (tertiary/aromatic N) is 6. The van der Waals surface area contributed by atoms with E-state index in [-0.39, 0.29) is 0 Å². The predicted octanol–water partition coefficient (Wildman–Crippen LogP) is 0.300. The molecule has 0 spiro atoms. The summed E-state index contributed by atoms with van der Waals surface area (Å²) < 4.78 is 0. The summed E-state index contributed by atoms with van der Waals surface area (Å²) in [7, 11) is 3.75. The summed E-state index contributed by atoms with van der Waals surface area (Å²) in [6.07, 6.45) is 7.84. The summed E-state index contributed by atoms with van der Waals surface area (Å²) in [5, 5.41) is 18.6. The molecule has 0 fully saturated rings. The van der Waals surface area contributed by atoms with E-state index < -0.39 is 0 Å². The number of hydrogen-bond donors (Lipinski definition) is 2. The van der Waals surface area contributed by atoms with Gasteiger partial charge in [0.05, 0.1) is 12.4 Å². The maximum atomic E-state index is 4.45. The van der Waals surface area contributed by atoms with Crippen molar-refractivity contribution in [1.82, 2.24) is 20.7 Å². The molecular formula is C14H26N8. The molecule has 0 amide bonds. The van der Waals surface area contributed by atoms with Crippen molar-refractivity contribution in [2.45, 2.75) is 25.7 Å². The van der Waals surface area contributed by atoms with Crippen LogP contribution in [0.5, 0.6) is 0 Å². The minimum absolute atomic E-state index is 0.810. The summed E-state index contributed by atoms with van der Waals surface area (Å²) in [5.41, 5.74) is 0. The Morgan fingerprint density at radius 2 is 1.27 bits per heavy atom. The second-order valence-electron chi connectivity index (χ2n) is 5.25. The lowest BCUT2D eigenvalue weighted by Gasteiger charge is -2.16. The monoisotopic (exact) mass is 306 g/mol. The van der Waals surface area contributed by atoms with Gasteiger partial charge in [-0.1, -0.05) is 0 Å². The third kappa shape index (κ3) is 5.34. The van der Waals surface area contributed by atoms with Gasteiger partial charge in [-0.25, -0.2) is 10.0 Å². The first-order valence-corrected chi connectivity index (χ1v) is 7.88. The highest BCUT2D eigenvalue weighted by molar-refractivity contribution is 6.16. The Labute approximate surface area is 132 Å². The molecule has 22 heavy (non-hydrogen) atoms. The van der Waals surface area contributed by atoms with Crippen LogP contribution < -0.4 is 10.6 Å². The van der Waals surface area contributed by atoms with Crippen molar-refractivity contribution in [3.05, 3.63) is 0 Å². The second-order valence-corrected chi connectivity index (χ2v) is 5.25. The minimum atomic E-state index is 0.810. The van der Waals surface area contributed by atoms with Gasteiger partial charge in [0.15, 0.2) is 0 Å². The van der Waals surface area contributed by atoms with E-state index in [9.17, 15) is 0 Å². The summed E-state index contributed by atoms with van der Waals surface area (Å²) in [5.74, 6) is 1.62. The molecule has 2 N–H and O–H groups in total. The first-order chi connectivity index (χ1) is 10.8. The second kappa shape index (κ2) is 9.01. The molecule has 0 aromatic rings. The lowest BCUT2D eigenvalue weighted by molar-refractivity contribution is 0.517. The minimum Gasteiger partial charge on any atom is -0.355 e. The van der Waals surface area contributed by atoms with Crippen molar-refractivity contribution in [2.24, 2.45) is 20.2 Å². The lowest BCUT2D eigenvalue weighted by atomic mass is 10.3. The molecular weight excluding hydrogens is 280 g/mol. The SMILES string of the molecule is CN(/N=C/C=N/N(C)C1=NCCCCN1)C1=NCCCCN1. The van der Waals surface area contributed by atoms with Gasteiger partial charge in [0.25, 0.3) is 0 Å². The van der Waals surface area contributed by atoms with Gasteiger partial charge in [0.1, 0.15) is 0 Å². The fourth-order valence-electron chi connectivity index (χ4n) is 2.16. The number of nitrogens with one attached hydrogen (secondary N) is 2. The van der Waals surface area contributed by atoms with Crippen molar-refractivity contribution >= 4 is 24.3 Å². The molecule has 0 aliphatic carbocycles. The molecule has 0 aromatic carbocycles. The molecule has 0 aromatic heterocycles. The van der Waals surface area contributed by atoms with Gasteiger partial charge in [-0.2, -0.15) is 10.2 Å². The normalized spacial score (nSPS) is 19.7. The van der Waals surface area contributed by atoms with Crippen LogP contribution >= 0.6 is 0 Å². The van der Waals surface area contributed by atoms with Crippen LogP contribution in [0.2, 0.25) is 0 Å². The molecule has 0 bridgehead atoms. The van der Waals surface area contributed by atoms with E-state index in [1.807, 2.05) is 14.1 Å². The number of hydrazone groups is 2. The highest BCUT2D eigenvalue weighted by Crippen LogP contribution is 1.98. The first-order valence-electron chi connectivity index (χ1n) is 7.88. The first kappa shape index (κ1) is 16.3. The molecule has 122 valence electrons. The van der Waals surface area contributed by atoms with E-state index in [2.05, 4.69) is 30.8 Å². The van der Waals surface area contributed by atoms with Crippen LogP contribution in [-0.4, -0.2) is 74.6 Å². The van der Waals surface area contributed by atoms with Crippen LogP contribution in [-0.2, 0) is 0 Å². The van der Waals surface area contributed by atoms with Gasteiger partial charge in [0, 0.05) is 40.3 Å². The van der Waals surface area contributed by atoms with Crippen LogP contribution in [0.3, 0.4) is 0 Å². The molecule has 8 heteroatoms. The molecule has 0 unspecified atom stereocenters. The van der Waals surface area contributed by atoms with Crippen LogP contribution in [0.1, 0.15) is 25.7 Å². The zero-order valence-electron chi connectivity index (χ0n) is 13.5. The van der Waals surface area contributed by atoms with Crippen LogP contribution in [0.25, 0.3) is 0 Å². The molecule has 0 saturated carbocycles. The van der Waals surface area contributed by atoms with E-state index in [4.69, 9.17) is 0 Å². The Bertz CT molecular complexity index is 412. The van der Waals surface area contributed by atoms with Gasteiger partial charge in [-0.05, 0) is 25.7 Å². The van der Waals surface area contributed by atoms with Crippen LogP contribution in [0.15, 0.2) is 20.2 Å². The van der Waals surface area contributed by atoms with Crippen LogP contribution in [0, 0.1) is 0 Å². The third-order valence-electron chi connectivity index (χ3n) is 3.42. The Balaban J connectivity index is 1.82.